The number of ether oxygens (including phenoxy) is 1. The van der Waals surface area contributed by atoms with Gasteiger partial charge in [-0.3, -0.25) is 9.59 Å². The van der Waals surface area contributed by atoms with Crippen molar-refractivity contribution in [3.63, 3.8) is 0 Å². The van der Waals surface area contributed by atoms with Gasteiger partial charge in [-0.1, -0.05) is 6.07 Å². The normalized spacial score (nSPS) is 11.2. The van der Waals surface area contributed by atoms with Crippen molar-refractivity contribution in [2.24, 2.45) is 0 Å². The molecule has 0 aliphatic rings. The van der Waals surface area contributed by atoms with Crippen molar-refractivity contribution in [1.29, 1.82) is 0 Å². The summed E-state index contributed by atoms with van der Waals surface area (Å²) in [5.41, 5.74) is 0.657. The second-order valence-electron chi connectivity index (χ2n) is 4.87. The maximum atomic E-state index is 12.4. The van der Waals surface area contributed by atoms with Gasteiger partial charge in [0.2, 0.25) is 0 Å². The number of carboxylic acid groups (broad SMARTS) is 1. The highest BCUT2D eigenvalue weighted by Crippen LogP contribution is 2.18. The smallest absolute Gasteiger partial charge is 0.323 e. The quantitative estimate of drug-likeness (QED) is 0.785. The third-order valence-corrected chi connectivity index (χ3v) is 4.25. The molecule has 22 heavy (non-hydrogen) atoms. The van der Waals surface area contributed by atoms with E-state index in [0.717, 1.165) is 11.2 Å². The summed E-state index contributed by atoms with van der Waals surface area (Å²) < 4.78 is 28.3. The summed E-state index contributed by atoms with van der Waals surface area (Å²) in [5, 5.41) is 8.88. The molecule has 1 rings (SSSR count). The number of carbonyl (C=O) groups is 2. The summed E-state index contributed by atoms with van der Waals surface area (Å²) in [6.45, 7) is 1.43. The minimum Gasteiger partial charge on any atom is -0.480 e. The lowest BCUT2D eigenvalue weighted by atomic mass is 10.1. The Hall–Kier alpha value is -1.93. The van der Waals surface area contributed by atoms with Crippen LogP contribution >= 0.6 is 0 Å². The molecular formula is C14H19NO6S. The predicted octanol–water partition coefficient (Wildman–Crippen LogP) is 0.572. The van der Waals surface area contributed by atoms with Crippen molar-refractivity contribution < 1.29 is 27.9 Å². The fourth-order valence-electron chi connectivity index (χ4n) is 1.93. The SMILES string of the molecule is COCCN(CC(=O)O)C(=O)c1ccc(C)c(S(C)(=O)=O)c1. The van der Waals surface area contributed by atoms with Crippen LogP contribution in [0.1, 0.15) is 15.9 Å². The Labute approximate surface area is 129 Å². The minimum atomic E-state index is -3.47. The van der Waals surface area contributed by atoms with Gasteiger partial charge in [-0.15, -0.1) is 0 Å². The molecule has 8 heteroatoms. The lowest BCUT2D eigenvalue weighted by Gasteiger charge is -2.20. The molecule has 0 radical (unpaired) electrons. The first-order valence-electron chi connectivity index (χ1n) is 6.47. The second kappa shape index (κ2) is 7.37. The van der Waals surface area contributed by atoms with Crippen LogP contribution in [0, 0.1) is 6.92 Å². The number of carbonyl (C=O) groups excluding carboxylic acids is 1. The number of benzene rings is 1. The van der Waals surface area contributed by atoms with Crippen molar-refractivity contribution in [3.05, 3.63) is 29.3 Å². The molecule has 0 bridgehead atoms. The molecule has 1 aromatic carbocycles. The zero-order valence-electron chi connectivity index (χ0n) is 12.7. The molecule has 0 spiro atoms. The van der Waals surface area contributed by atoms with Gasteiger partial charge in [-0.25, -0.2) is 8.42 Å². The Morgan fingerprint density at radius 3 is 2.45 bits per heavy atom. The molecule has 0 saturated carbocycles. The van der Waals surface area contributed by atoms with Crippen molar-refractivity contribution in [1.82, 2.24) is 4.90 Å². The highest BCUT2D eigenvalue weighted by molar-refractivity contribution is 7.90. The average molecular weight is 329 g/mol. The molecule has 1 aromatic rings. The molecule has 0 unspecified atom stereocenters. The van der Waals surface area contributed by atoms with Crippen molar-refractivity contribution in [2.75, 3.05) is 33.1 Å². The molecule has 7 nitrogen and oxygen atoms in total. The van der Waals surface area contributed by atoms with Crippen LogP contribution in [0.25, 0.3) is 0 Å². The standard InChI is InChI=1S/C14H19NO6S/c1-10-4-5-11(8-12(10)22(3,19)20)14(18)15(6-7-21-2)9-13(16)17/h4-5,8H,6-7,9H2,1-3H3,(H,16,17). The van der Waals surface area contributed by atoms with Crippen LogP contribution in [0.2, 0.25) is 0 Å². The zero-order valence-corrected chi connectivity index (χ0v) is 13.5. The second-order valence-corrected chi connectivity index (χ2v) is 6.85. The molecule has 0 heterocycles. The van der Waals surface area contributed by atoms with Crippen LogP contribution in [-0.4, -0.2) is 63.4 Å². The number of aliphatic carboxylic acids is 1. The summed E-state index contributed by atoms with van der Waals surface area (Å²) in [7, 11) is -2.03. The summed E-state index contributed by atoms with van der Waals surface area (Å²) >= 11 is 0. The van der Waals surface area contributed by atoms with Crippen molar-refractivity contribution >= 4 is 21.7 Å². The number of methoxy groups -OCH3 is 1. The van der Waals surface area contributed by atoms with E-state index in [2.05, 4.69) is 0 Å². The van der Waals surface area contributed by atoms with Gasteiger partial charge in [0, 0.05) is 25.5 Å². The Kier molecular flexibility index (Phi) is 6.07. The fourth-order valence-corrected chi connectivity index (χ4v) is 2.93. The molecule has 0 aliphatic heterocycles. The van der Waals surface area contributed by atoms with E-state index in [0.29, 0.717) is 5.56 Å². The Balaban J connectivity index is 3.16. The maximum absolute atomic E-state index is 12.4. The monoisotopic (exact) mass is 329 g/mol. The Bertz CT molecular complexity index is 668. The van der Waals surface area contributed by atoms with Crippen molar-refractivity contribution in [3.8, 4) is 0 Å². The van der Waals surface area contributed by atoms with E-state index in [1.165, 1.54) is 25.3 Å². The Morgan fingerprint density at radius 1 is 1.32 bits per heavy atom. The van der Waals surface area contributed by atoms with E-state index < -0.39 is 28.3 Å². The van der Waals surface area contributed by atoms with Gasteiger partial charge >= 0.3 is 5.97 Å². The summed E-state index contributed by atoms with van der Waals surface area (Å²) in [6, 6.07) is 4.28. The average Bonchev–Trinajstić information content (AvgIpc) is 2.41. The predicted molar refractivity (Wildman–Crippen MR) is 79.7 cm³/mol. The first-order chi connectivity index (χ1) is 10.2. The number of sulfone groups is 1. The number of carboxylic acids is 1. The molecular weight excluding hydrogens is 310 g/mol. The third kappa shape index (κ3) is 4.81. The van der Waals surface area contributed by atoms with Crippen LogP contribution in [0.3, 0.4) is 0 Å². The summed E-state index contributed by atoms with van der Waals surface area (Å²) in [5.74, 6) is -1.70. The van der Waals surface area contributed by atoms with Gasteiger partial charge < -0.3 is 14.7 Å². The molecule has 0 saturated heterocycles. The summed E-state index contributed by atoms with van der Waals surface area (Å²) in [6.07, 6.45) is 1.06. The van der Waals surface area contributed by atoms with Gasteiger partial charge in [0.15, 0.2) is 9.84 Å². The first kappa shape index (κ1) is 18.1. The number of amides is 1. The highest BCUT2D eigenvalue weighted by Gasteiger charge is 2.21. The number of rotatable bonds is 7. The number of hydrogen-bond acceptors (Lipinski definition) is 5. The molecule has 1 N–H and O–H groups in total. The van der Waals surface area contributed by atoms with E-state index in [1.54, 1.807) is 6.92 Å². The molecule has 1 amide bonds. The van der Waals surface area contributed by atoms with Crippen LogP contribution in [0.15, 0.2) is 23.1 Å². The van der Waals surface area contributed by atoms with Crippen LogP contribution in [-0.2, 0) is 19.4 Å². The lowest BCUT2D eigenvalue weighted by Crippen LogP contribution is -2.38. The van der Waals surface area contributed by atoms with E-state index in [4.69, 9.17) is 9.84 Å². The molecule has 122 valence electrons. The highest BCUT2D eigenvalue weighted by atomic mass is 32.2. The van der Waals surface area contributed by atoms with E-state index in [1.807, 2.05) is 0 Å². The number of hydrogen-bond donors (Lipinski definition) is 1. The summed E-state index contributed by atoms with van der Waals surface area (Å²) in [4.78, 5) is 24.4. The van der Waals surface area contributed by atoms with Gasteiger partial charge in [-0.2, -0.15) is 0 Å². The molecule has 0 fully saturated rings. The van der Waals surface area contributed by atoms with Gasteiger partial charge in [-0.05, 0) is 24.6 Å². The largest absolute Gasteiger partial charge is 0.480 e. The van der Waals surface area contributed by atoms with Crippen LogP contribution in [0.4, 0.5) is 0 Å². The Morgan fingerprint density at radius 2 is 1.95 bits per heavy atom. The zero-order chi connectivity index (χ0) is 16.9. The lowest BCUT2D eigenvalue weighted by molar-refractivity contribution is -0.137. The van der Waals surface area contributed by atoms with E-state index in [9.17, 15) is 18.0 Å². The van der Waals surface area contributed by atoms with E-state index in [-0.39, 0.29) is 23.6 Å². The topological polar surface area (TPSA) is 101 Å². The van der Waals surface area contributed by atoms with Gasteiger partial charge in [0.25, 0.3) is 5.91 Å². The first-order valence-corrected chi connectivity index (χ1v) is 8.36. The maximum Gasteiger partial charge on any atom is 0.323 e. The molecule has 0 aromatic heterocycles. The third-order valence-electron chi connectivity index (χ3n) is 3.01. The van der Waals surface area contributed by atoms with Crippen LogP contribution < -0.4 is 0 Å². The van der Waals surface area contributed by atoms with Crippen molar-refractivity contribution in [2.45, 2.75) is 11.8 Å². The van der Waals surface area contributed by atoms with E-state index >= 15 is 0 Å². The fraction of sp³-hybridized carbons (Fsp3) is 0.429. The number of aryl methyl sites for hydroxylation is 1. The molecule has 0 atom stereocenters. The van der Waals surface area contributed by atoms with Gasteiger partial charge in [0.05, 0.1) is 11.5 Å². The minimum absolute atomic E-state index is 0.0559. The number of nitrogens with zero attached hydrogens (tertiary/aromatic N) is 1. The van der Waals surface area contributed by atoms with Gasteiger partial charge in [0.1, 0.15) is 6.54 Å². The van der Waals surface area contributed by atoms with Crippen LogP contribution in [0.5, 0.6) is 0 Å². The molecule has 0 aliphatic carbocycles.